The minimum atomic E-state index is -0.302. The molecule has 0 N–H and O–H groups in total. The molecule has 0 aromatic heterocycles. The standard InChI is InChI=1S/C13H22O2/c1-12(2,3)10-6-8-13(4,9-7-10)11(14)15-5/h6H,7-9H2,1-5H3. The van der Waals surface area contributed by atoms with Gasteiger partial charge in [0.2, 0.25) is 0 Å². The van der Waals surface area contributed by atoms with E-state index in [1.54, 1.807) is 0 Å². The maximum atomic E-state index is 11.6. The van der Waals surface area contributed by atoms with Gasteiger partial charge in [-0.25, -0.2) is 0 Å². The fourth-order valence-corrected chi connectivity index (χ4v) is 2.08. The Morgan fingerprint density at radius 2 is 2.07 bits per heavy atom. The Bertz CT molecular complexity index is 283. The smallest absolute Gasteiger partial charge is 0.311 e. The van der Waals surface area contributed by atoms with E-state index in [-0.39, 0.29) is 16.8 Å². The van der Waals surface area contributed by atoms with Crippen LogP contribution in [0.2, 0.25) is 0 Å². The Hall–Kier alpha value is -0.790. The normalized spacial score (nSPS) is 27.1. The lowest BCUT2D eigenvalue weighted by molar-refractivity contribution is -0.152. The van der Waals surface area contributed by atoms with Gasteiger partial charge in [0.1, 0.15) is 0 Å². The van der Waals surface area contributed by atoms with E-state index in [0.717, 1.165) is 19.3 Å². The Labute approximate surface area is 92.7 Å². The Balaban J connectivity index is 2.77. The summed E-state index contributed by atoms with van der Waals surface area (Å²) in [6, 6.07) is 0. The third-order valence-corrected chi connectivity index (χ3v) is 3.39. The number of rotatable bonds is 1. The average Bonchev–Trinajstić information content (AvgIpc) is 2.15. The summed E-state index contributed by atoms with van der Waals surface area (Å²) < 4.78 is 4.85. The zero-order valence-electron chi connectivity index (χ0n) is 10.5. The largest absolute Gasteiger partial charge is 0.469 e. The molecule has 1 atom stereocenters. The van der Waals surface area contributed by atoms with E-state index in [2.05, 4.69) is 26.8 Å². The summed E-state index contributed by atoms with van der Waals surface area (Å²) in [5, 5.41) is 0. The molecule has 0 amide bonds. The van der Waals surface area contributed by atoms with Gasteiger partial charge >= 0.3 is 5.97 Å². The van der Waals surface area contributed by atoms with Gasteiger partial charge < -0.3 is 4.74 Å². The van der Waals surface area contributed by atoms with Gasteiger partial charge in [-0.15, -0.1) is 0 Å². The second kappa shape index (κ2) is 3.99. The van der Waals surface area contributed by atoms with Crippen LogP contribution in [0.5, 0.6) is 0 Å². The van der Waals surface area contributed by atoms with E-state index in [1.165, 1.54) is 12.7 Å². The molecule has 0 bridgehead atoms. The van der Waals surface area contributed by atoms with Crippen LogP contribution < -0.4 is 0 Å². The summed E-state index contributed by atoms with van der Waals surface area (Å²) in [5.74, 6) is -0.0771. The van der Waals surface area contributed by atoms with Gasteiger partial charge in [0.15, 0.2) is 0 Å². The fraction of sp³-hybridized carbons (Fsp3) is 0.769. The van der Waals surface area contributed by atoms with Crippen LogP contribution in [-0.2, 0) is 9.53 Å². The van der Waals surface area contributed by atoms with Crippen molar-refractivity contribution in [2.24, 2.45) is 10.8 Å². The van der Waals surface area contributed by atoms with E-state index in [4.69, 9.17) is 4.74 Å². The third-order valence-electron chi connectivity index (χ3n) is 3.39. The van der Waals surface area contributed by atoms with Crippen LogP contribution in [0.15, 0.2) is 11.6 Å². The van der Waals surface area contributed by atoms with E-state index < -0.39 is 0 Å². The molecule has 0 heterocycles. The number of methoxy groups -OCH3 is 1. The van der Waals surface area contributed by atoms with Crippen LogP contribution in [0, 0.1) is 10.8 Å². The van der Waals surface area contributed by atoms with Crippen molar-refractivity contribution < 1.29 is 9.53 Å². The summed E-state index contributed by atoms with van der Waals surface area (Å²) in [5.41, 5.74) is 1.39. The molecule has 0 aromatic carbocycles. The molecule has 2 heteroatoms. The SMILES string of the molecule is COC(=O)C1(C)CC=C(C(C)(C)C)CC1. The van der Waals surface area contributed by atoms with Crippen molar-refractivity contribution in [1.29, 1.82) is 0 Å². The Morgan fingerprint density at radius 3 is 2.40 bits per heavy atom. The first-order chi connectivity index (χ1) is 6.79. The molecular formula is C13H22O2. The van der Waals surface area contributed by atoms with Crippen molar-refractivity contribution >= 4 is 5.97 Å². The van der Waals surface area contributed by atoms with Crippen LogP contribution >= 0.6 is 0 Å². The van der Waals surface area contributed by atoms with Gasteiger partial charge in [0.05, 0.1) is 12.5 Å². The van der Waals surface area contributed by atoms with E-state index in [9.17, 15) is 4.79 Å². The molecule has 15 heavy (non-hydrogen) atoms. The van der Waals surface area contributed by atoms with Crippen LogP contribution in [0.25, 0.3) is 0 Å². The molecule has 1 aliphatic rings. The number of esters is 1. The minimum absolute atomic E-state index is 0.0771. The minimum Gasteiger partial charge on any atom is -0.469 e. The molecule has 1 unspecified atom stereocenters. The van der Waals surface area contributed by atoms with Crippen LogP contribution in [-0.4, -0.2) is 13.1 Å². The van der Waals surface area contributed by atoms with Crippen molar-refractivity contribution in [3.63, 3.8) is 0 Å². The van der Waals surface area contributed by atoms with Crippen molar-refractivity contribution in [1.82, 2.24) is 0 Å². The third kappa shape index (κ3) is 2.61. The topological polar surface area (TPSA) is 26.3 Å². The highest BCUT2D eigenvalue weighted by molar-refractivity contribution is 5.76. The van der Waals surface area contributed by atoms with Gasteiger partial charge in [0.25, 0.3) is 0 Å². The summed E-state index contributed by atoms with van der Waals surface area (Å²) in [4.78, 5) is 11.6. The van der Waals surface area contributed by atoms with Crippen LogP contribution in [0.1, 0.15) is 47.0 Å². The van der Waals surface area contributed by atoms with Gasteiger partial charge in [-0.2, -0.15) is 0 Å². The van der Waals surface area contributed by atoms with Crippen molar-refractivity contribution in [3.05, 3.63) is 11.6 Å². The fourth-order valence-electron chi connectivity index (χ4n) is 2.08. The number of carbonyl (C=O) groups is 1. The first-order valence-electron chi connectivity index (χ1n) is 5.57. The molecule has 0 radical (unpaired) electrons. The number of carbonyl (C=O) groups excluding carboxylic acids is 1. The monoisotopic (exact) mass is 210 g/mol. The van der Waals surface area contributed by atoms with Gasteiger partial charge in [-0.3, -0.25) is 4.79 Å². The highest BCUT2D eigenvalue weighted by Gasteiger charge is 2.37. The molecule has 86 valence electrons. The Morgan fingerprint density at radius 1 is 1.47 bits per heavy atom. The predicted octanol–water partition coefficient (Wildman–Crippen LogP) is 3.32. The highest BCUT2D eigenvalue weighted by Crippen LogP contribution is 2.41. The van der Waals surface area contributed by atoms with E-state index >= 15 is 0 Å². The number of allylic oxidation sites excluding steroid dienone is 2. The van der Waals surface area contributed by atoms with Gasteiger partial charge in [-0.05, 0) is 31.6 Å². The molecule has 0 saturated carbocycles. The van der Waals surface area contributed by atoms with Crippen molar-refractivity contribution in [3.8, 4) is 0 Å². The molecule has 2 nitrogen and oxygen atoms in total. The van der Waals surface area contributed by atoms with E-state index in [0.29, 0.717) is 0 Å². The number of hydrogen-bond donors (Lipinski definition) is 0. The molecule has 0 spiro atoms. The Kier molecular flexibility index (Phi) is 3.27. The zero-order chi connectivity index (χ0) is 11.7. The predicted molar refractivity (Wildman–Crippen MR) is 61.5 cm³/mol. The van der Waals surface area contributed by atoms with Crippen molar-refractivity contribution in [2.75, 3.05) is 7.11 Å². The maximum Gasteiger partial charge on any atom is 0.311 e. The average molecular weight is 210 g/mol. The number of hydrogen-bond acceptors (Lipinski definition) is 2. The lowest BCUT2D eigenvalue weighted by atomic mass is 9.71. The quantitative estimate of drug-likeness (QED) is 0.490. The van der Waals surface area contributed by atoms with Gasteiger partial charge in [-0.1, -0.05) is 32.4 Å². The first kappa shape index (κ1) is 12.3. The highest BCUT2D eigenvalue weighted by atomic mass is 16.5. The second-order valence-electron chi connectivity index (χ2n) is 5.74. The van der Waals surface area contributed by atoms with E-state index in [1.807, 2.05) is 6.92 Å². The molecule has 0 saturated heterocycles. The molecule has 1 aliphatic carbocycles. The number of ether oxygens (including phenoxy) is 1. The van der Waals surface area contributed by atoms with Crippen LogP contribution in [0.3, 0.4) is 0 Å². The summed E-state index contributed by atoms with van der Waals surface area (Å²) in [6.45, 7) is 8.66. The second-order valence-corrected chi connectivity index (χ2v) is 5.74. The van der Waals surface area contributed by atoms with Crippen molar-refractivity contribution in [2.45, 2.75) is 47.0 Å². The molecule has 1 rings (SSSR count). The molecule has 0 fully saturated rings. The van der Waals surface area contributed by atoms with Gasteiger partial charge in [0, 0.05) is 0 Å². The lowest BCUT2D eigenvalue weighted by Gasteiger charge is -2.34. The summed E-state index contributed by atoms with van der Waals surface area (Å²) >= 11 is 0. The first-order valence-corrected chi connectivity index (χ1v) is 5.57. The summed E-state index contributed by atoms with van der Waals surface area (Å²) in [7, 11) is 1.47. The van der Waals surface area contributed by atoms with Crippen LogP contribution in [0.4, 0.5) is 0 Å². The molecular weight excluding hydrogens is 188 g/mol. The maximum absolute atomic E-state index is 11.6. The molecule has 0 aliphatic heterocycles. The zero-order valence-corrected chi connectivity index (χ0v) is 10.5. The molecule has 0 aromatic rings. The summed E-state index contributed by atoms with van der Waals surface area (Å²) in [6.07, 6.45) is 4.95. The lowest BCUT2D eigenvalue weighted by Crippen LogP contribution is -2.32.